The zero-order valence-electron chi connectivity index (χ0n) is 14.0. The number of hydrogen-bond donors (Lipinski definition) is 1. The molecule has 2 aliphatic heterocycles. The summed E-state index contributed by atoms with van der Waals surface area (Å²) in [5.74, 6) is 3.12. The molecule has 0 bridgehead atoms. The van der Waals surface area contributed by atoms with Crippen molar-refractivity contribution < 1.29 is 13.7 Å². The number of halogens is 1. The summed E-state index contributed by atoms with van der Waals surface area (Å²) in [6.45, 7) is 3.93. The molecule has 25 heavy (non-hydrogen) atoms. The molecule has 0 unspecified atom stereocenters. The van der Waals surface area contributed by atoms with E-state index in [1.54, 1.807) is 18.4 Å². The number of furan rings is 1. The number of aromatic nitrogens is 2. The lowest BCUT2D eigenvalue weighted by atomic mass is 9.92. The van der Waals surface area contributed by atoms with E-state index in [0.29, 0.717) is 30.3 Å². The van der Waals surface area contributed by atoms with Crippen LogP contribution in [0, 0.1) is 11.8 Å². The summed E-state index contributed by atoms with van der Waals surface area (Å²) in [4.78, 5) is 18.8. The molecule has 1 amide bonds. The Hall–Kier alpha value is -1.86. The van der Waals surface area contributed by atoms with Crippen LogP contribution in [0.25, 0.3) is 11.6 Å². The van der Waals surface area contributed by atoms with E-state index in [9.17, 15) is 4.79 Å². The number of amides is 1. The predicted octanol–water partition coefficient (Wildman–Crippen LogP) is 2.14. The Bertz CT molecular complexity index is 674. The SMILES string of the molecule is Cl.O=C(CCc1nc(-c2ccco2)no1)N1CC[C@@H]2CNC[C@@H]2CC1. The van der Waals surface area contributed by atoms with E-state index < -0.39 is 0 Å². The third kappa shape index (κ3) is 4.04. The lowest BCUT2D eigenvalue weighted by molar-refractivity contribution is -0.131. The summed E-state index contributed by atoms with van der Waals surface area (Å²) in [7, 11) is 0. The molecule has 2 fully saturated rings. The molecule has 8 heteroatoms. The summed E-state index contributed by atoms with van der Waals surface area (Å²) in [6, 6.07) is 3.56. The fourth-order valence-electron chi connectivity index (χ4n) is 3.70. The molecular formula is C17H23ClN4O3. The molecule has 7 nitrogen and oxygen atoms in total. The molecule has 0 aliphatic carbocycles. The highest BCUT2D eigenvalue weighted by atomic mass is 35.5. The van der Waals surface area contributed by atoms with Crippen molar-refractivity contribution >= 4 is 18.3 Å². The van der Waals surface area contributed by atoms with Crippen molar-refractivity contribution in [3.8, 4) is 11.6 Å². The quantitative estimate of drug-likeness (QED) is 0.892. The minimum atomic E-state index is 0. The summed E-state index contributed by atoms with van der Waals surface area (Å²) < 4.78 is 10.4. The van der Waals surface area contributed by atoms with E-state index in [0.717, 1.165) is 50.9 Å². The van der Waals surface area contributed by atoms with Crippen LogP contribution in [-0.4, -0.2) is 47.1 Å². The van der Waals surface area contributed by atoms with Gasteiger partial charge in [-0.05, 0) is 49.9 Å². The number of likely N-dealkylation sites (tertiary alicyclic amines) is 1. The molecule has 1 N–H and O–H groups in total. The number of carbonyl (C=O) groups is 1. The minimum absolute atomic E-state index is 0. The van der Waals surface area contributed by atoms with Crippen LogP contribution >= 0.6 is 12.4 Å². The molecule has 2 aliphatic rings. The largest absolute Gasteiger partial charge is 0.461 e. The minimum Gasteiger partial charge on any atom is -0.461 e. The number of fused-ring (bicyclic) bond motifs is 1. The molecule has 136 valence electrons. The predicted molar refractivity (Wildman–Crippen MR) is 93.2 cm³/mol. The molecule has 0 aromatic carbocycles. The third-order valence-corrected chi connectivity index (χ3v) is 5.13. The molecule has 0 saturated carbocycles. The fourth-order valence-corrected chi connectivity index (χ4v) is 3.70. The third-order valence-electron chi connectivity index (χ3n) is 5.13. The highest BCUT2D eigenvalue weighted by Crippen LogP contribution is 2.27. The van der Waals surface area contributed by atoms with Crippen molar-refractivity contribution in [3.63, 3.8) is 0 Å². The average Bonchev–Trinajstić information content (AvgIpc) is 3.32. The Morgan fingerprint density at radius 1 is 1.28 bits per heavy atom. The smallest absolute Gasteiger partial charge is 0.238 e. The van der Waals surface area contributed by atoms with Gasteiger partial charge in [-0.25, -0.2) is 0 Å². The number of nitrogens with zero attached hydrogens (tertiary/aromatic N) is 3. The Morgan fingerprint density at radius 2 is 2.04 bits per heavy atom. The first-order valence-corrected chi connectivity index (χ1v) is 8.64. The molecule has 2 aromatic heterocycles. The van der Waals surface area contributed by atoms with Crippen molar-refractivity contribution in [2.75, 3.05) is 26.2 Å². The van der Waals surface area contributed by atoms with E-state index >= 15 is 0 Å². The van der Waals surface area contributed by atoms with Crippen molar-refractivity contribution in [1.82, 2.24) is 20.4 Å². The summed E-state index contributed by atoms with van der Waals surface area (Å²) in [6.07, 6.45) is 4.66. The Kier molecular flexibility index (Phi) is 5.75. The normalized spacial score (nSPS) is 23.0. The van der Waals surface area contributed by atoms with Gasteiger partial charge in [0.15, 0.2) is 5.76 Å². The van der Waals surface area contributed by atoms with E-state index in [1.165, 1.54) is 0 Å². The van der Waals surface area contributed by atoms with Crippen LogP contribution in [0.5, 0.6) is 0 Å². The fraction of sp³-hybridized carbons (Fsp3) is 0.588. The first kappa shape index (κ1) is 17.9. The summed E-state index contributed by atoms with van der Waals surface area (Å²) in [5.41, 5.74) is 0. The van der Waals surface area contributed by atoms with Gasteiger partial charge in [-0.3, -0.25) is 4.79 Å². The van der Waals surface area contributed by atoms with Crippen molar-refractivity contribution in [2.45, 2.75) is 25.7 Å². The van der Waals surface area contributed by atoms with Gasteiger partial charge in [0.25, 0.3) is 0 Å². The molecule has 4 rings (SSSR count). The highest BCUT2D eigenvalue weighted by molar-refractivity contribution is 5.85. The number of nitrogens with one attached hydrogen (secondary N) is 1. The van der Waals surface area contributed by atoms with Crippen LogP contribution in [0.3, 0.4) is 0 Å². The van der Waals surface area contributed by atoms with Crippen LogP contribution in [-0.2, 0) is 11.2 Å². The van der Waals surface area contributed by atoms with Gasteiger partial charge in [0, 0.05) is 25.9 Å². The molecule has 2 saturated heterocycles. The Morgan fingerprint density at radius 3 is 2.72 bits per heavy atom. The maximum absolute atomic E-state index is 12.5. The van der Waals surface area contributed by atoms with Crippen LogP contribution in [0.15, 0.2) is 27.3 Å². The van der Waals surface area contributed by atoms with Crippen LogP contribution < -0.4 is 5.32 Å². The number of carbonyl (C=O) groups excluding carboxylic acids is 1. The van der Waals surface area contributed by atoms with Crippen molar-refractivity contribution in [2.24, 2.45) is 11.8 Å². The first-order chi connectivity index (χ1) is 11.8. The first-order valence-electron chi connectivity index (χ1n) is 8.64. The van der Waals surface area contributed by atoms with Crippen LogP contribution in [0.4, 0.5) is 0 Å². The summed E-state index contributed by atoms with van der Waals surface area (Å²) >= 11 is 0. The van der Waals surface area contributed by atoms with E-state index in [1.807, 2.05) is 4.90 Å². The topological polar surface area (TPSA) is 84.4 Å². The zero-order chi connectivity index (χ0) is 16.4. The second kappa shape index (κ2) is 8.01. The monoisotopic (exact) mass is 366 g/mol. The number of rotatable bonds is 4. The van der Waals surface area contributed by atoms with Gasteiger partial charge in [-0.1, -0.05) is 5.16 Å². The van der Waals surface area contributed by atoms with Gasteiger partial charge >= 0.3 is 0 Å². The van der Waals surface area contributed by atoms with Crippen LogP contribution in [0.1, 0.15) is 25.2 Å². The van der Waals surface area contributed by atoms with E-state index in [-0.39, 0.29) is 18.3 Å². The summed E-state index contributed by atoms with van der Waals surface area (Å²) in [5, 5.41) is 7.35. The van der Waals surface area contributed by atoms with Crippen molar-refractivity contribution in [1.29, 1.82) is 0 Å². The van der Waals surface area contributed by atoms with Gasteiger partial charge in [0.2, 0.25) is 17.6 Å². The molecular weight excluding hydrogens is 344 g/mol. The van der Waals surface area contributed by atoms with Gasteiger partial charge in [-0.2, -0.15) is 4.98 Å². The second-order valence-corrected chi connectivity index (χ2v) is 6.63. The zero-order valence-corrected chi connectivity index (χ0v) is 14.8. The highest BCUT2D eigenvalue weighted by Gasteiger charge is 2.31. The molecule has 4 heterocycles. The van der Waals surface area contributed by atoms with E-state index in [4.69, 9.17) is 8.94 Å². The molecule has 0 spiro atoms. The molecule has 0 radical (unpaired) electrons. The van der Waals surface area contributed by atoms with Gasteiger partial charge in [0.05, 0.1) is 6.26 Å². The second-order valence-electron chi connectivity index (χ2n) is 6.63. The Labute approximate surface area is 152 Å². The Balaban J connectivity index is 0.00000182. The number of hydrogen-bond acceptors (Lipinski definition) is 6. The van der Waals surface area contributed by atoms with Crippen molar-refractivity contribution in [3.05, 3.63) is 24.3 Å². The maximum atomic E-state index is 12.5. The standard InChI is InChI=1S/C17H22N4O3.ClH/c22-16(21-7-5-12-10-18-11-13(12)6-8-21)4-3-15-19-17(20-24-15)14-2-1-9-23-14;/h1-2,9,12-13,18H,3-8,10-11H2;1H/t12-,13+;. The molecule has 2 aromatic rings. The van der Waals surface area contributed by atoms with E-state index in [2.05, 4.69) is 15.5 Å². The number of aryl methyl sites for hydroxylation is 1. The van der Waals surface area contributed by atoms with Gasteiger partial charge in [0.1, 0.15) is 0 Å². The van der Waals surface area contributed by atoms with Crippen LogP contribution in [0.2, 0.25) is 0 Å². The van der Waals surface area contributed by atoms with Gasteiger partial charge in [-0.15, -0.1) is 12.4 Å². The molecule has 2 atom stereocenters. The lowest BCUT2D eigenvalue weighted by Gasteiger charge is -2.20. The lowest BCUT2D eigenvalue weighted by Crippen LogP contribution is -2.32. The average molecular weight is 367 g/mol. The maximum Gasteiger partial charge on any atom is 0.238 e. The van der Waals surface area contributed by atoms with Gasteiger partial charge < -0.3 is 19.2 Å².